The maximum absolute atomic E-state index is 12.9. The molecule has 0 fully saturated rings. The van der Waals surface area contributed by atoms with Crippen LogP contribution in [-0.2, 0) is 22.3 Å². The molecule has 0 aliphatic carbocycles. The van der Waals surface area contributed by atoms with Crippen LogP contribution in [0.15, 0.2) is 52.9 Å². The van der Waals surface area contributed by atoms with Gasteiger partial charge in [-0.3, -0.25) is 0 Å². The first-order valence-electron chi connectivity index (χ1n) is 7.53. The smallest absolute Gasteiger partial charge is 0.247 e. The first kappa shape index (κ1) is 17.2. The van der Waals surface area contributed by atoms with Crippen LogP contribution in [0.2, 0.25) is 0 Å². The molecule has 0 aliphatic heterocycles. The van der Waals surface area contributed by atoms with E-state index in [1.165, 1.54) is 24.3 Å². The van der Waals surface area contributed by atoms with E-state index in [1.807, 2.05) is 19.1 Å². The Bertz CT molecular complexity index is 969. The summed E-state index contributed by atoms with van der Waals surface area (Å²) in [4.78, 5) is 0. The second-order valence-electron chi connectivity index (χ2n) is 5.51. The summed E-state index contributed by atoms with van der Waals surface area (Å²) in [5.41, 5.74) is 2.19. The van der Waals surface area contributed by atoms with Crippen molar-refractivity contribution in [2.75, 3.05) is 0 Å². The molecule has 0 aliphatic rings. The van der Waals surface area contributed by atoms with Gasteiger partial charge in [-0.2, -0.15) is 0 Å². The molecule has 0 amide bonds. The zero-order valence-corrected chi connectivity index (χ0v) is 14.3. The summed E-state index contributed by atoms with van der Waals surface area (Å²) in [7, 11) is -3.54. The molecule has 0 saturated heterocycles. The number of benzene rings is 2. The van der Waals surface area contributed by atoms with Gasteiger partial charge in [-0.15, -0.1) is 10.2 Å². The monoisotopic (exact) mass is 361 g/mol. The number of hydrogen-bond acceptors (Lipinski definition) is 5. The third-order valence-corrected chi connectivity index (χ3v) is 4.88. The highest BCUT2D eigenvalue weighted by Crippen LogP contribution is 2.18. The van der Waals surface area contributed by atoms with Gasteiger partial charge in [0.2, 0.25) is 21.8 Å². The number of nitrogens with one attached hydrogen (secondary N) is 1. The van der Waals surface area contributed by atoms with Gasteiger partial charge >= 0.3 is 0 Å². The fourth-order valence-electron chi connectivity index (χ4n) is 2.23. The molecular weight excluding hydrogens is 345 g/mol. The van der Waals surface area contributed by atoms with Crippen LogP contribution in [-0.4, -0.2) is 18.6 Å². The lowest BCUT2D eigenvalue weighted by molar-refractivity contribution is 0.494. The summed E-state index contributed by atoms with van der Waals surface area (Å²) in [6.45, 7) is 1.75. The lowest BCUT2D eigenvalue weighted by atomic mass is 10.1. The van der Waals surface area contributed by atoms with Gasteiger partial charge in [0.25, 0.3) is 0 Å². The molecule has 0 saturated carbocycles. The predicted molar refractivity (Wildman–Crippen MR) is 90.3 cm³/mol. The molecule has 3 aromatic rings. The minimum absolute atomic E-state index is 0.109. The zero-order valence-electron chi connectivity index (χ0n) is 13.4. The molecule has 25 heavy (non-hydrogen) atoms. The molecular formula is C17H16FN3O3S. The largest absolute Gasteiger partial charge is 0.419 e. The number of sulfonamides is 1. The number of halogens is 1. The number of aromatic nitrogens is 2. The average molecular weight is 361 g/mol. The van der Waals surface area contributed by atoms with Crippen molar-refractivity contribution in [3.8, 4) is 11.5 Å². The van der Waals surface area contributed by atoms with Gasteiger partial charge in [-0.05, 0) is 42.3 Å². The maximum Gasteiger partial charge on any atom is 0.247 e. The first-order valence-corrected chi connectivity index (χ1v) is 9.18. The first-order chi connectivity index (χ1) is 11.9. The molecule has 130 valence electrons. The van der Waals surface area contributed by atoms with Gasteiger partial charge in [0.05, 0.1) is 12.3 Å². The Morgan fingerprint density at radius 3 is 2.52 bits per heavy atom. The SMILES string of the molecule is Cc1ccccc1CS(=O)(=O)NCc1nnc(-c2ccc(F)cc2)o1. The van der Waals surface area contributed by atoms with Crippen molar-refractivity contribution in [1.82, 2.24) is 14.9 Å². The van der Waals surface area contributed by atoms with Crippen LogP contribution in [0.5, 0.6) is 0 Å². The highest BCUT2D eigenvalue weighted by Gasteiger charge is 2.15. The molecule has 0 unspecified atom stereocenters. The molecule has 0 bridgehead atoms. The van der Waals surface area contributed by atoms with E-state index in [-0.39, 0.29) is 29.9 Å². The number of aryl methyl sites for hydroxylation is 1. The van der Waals surface area contributed by atoms with Crippen LogP contribution in [0.25, 0.3) is 11.5 Å². The Hall–Kier alpha value is -2.58. The van der Waals surface area contributed by atoms with E-state index in [1.54, 1.807) is 12.1 Å². The Balaban J connectivity index is 1.65. The minimum atomic E-state index is -3.54. The van der Waals surface area contributed by atoms with E-state index in [0.717, 1.165) is 11.1 Å². The van der Waals surface area contributed by atoms with Crippen molar-refractivity contribution < 1.29 is 17.2 Å². The summed E-state index contributed by atoms with van der Waals surface area (Å²) in [6.07, 6.45) is 0. The third kappa shape index (κ3) is 4.49. The molecule has 0 atom stereocenters. The normalized spacial score (nSPS) is 11.6. The van der Waals surface area contributed by atoms with E-state index >= 15 is 0 Å². The van der Waals surface area contributed by atoms with Gasteiger partial charge in [0, 0.05) is 5.56 Å². The molecule has 0 radical (unpaired) electrons. The second-order valence-corrected chi connectivity index (χ2v) is 7.32. The van der Waals surface area contributed by atoms with Crippen molar-refractivity contribution in [3.63, 3.8) is 0 Å². The molecule has 6 nitrogen and oxygen atoms in total. The van der Waals surface area contributed by atoms with Crippen LogP contribution in [0.3, 0.4) is 0 Å². The van der Waals surface area contributed by atoms with Crippen LogP contribution in [0.1, 0.15) is 17.0 Å². The maximum atomic E-state index is 12.9. The summed E-state index contributed by atoms with van der Waals surface area (Å²) in [6, 6.07) is 12.9. The summed E-state index contributed by atoms with van der Waals surface area (Å²) >= 11 is 0. The highest BCUT2D eigenvalue weighted by molar-refractivity contribution is 7.88. The molecule has 1 heterocycles. The summed E-state index contributed by atoms with van der Waals surface area (Å²) in [5, 5.41) is 7.65. The molecule has 1 N–H and O–H groups in total. The zero-order chi connectivity index (χ0) is 17.9. The van der Waals surface area contributed by atoms with Crippen molar-refractivity contribution in [3.05, 3.63) is 71.4 Å². The van der Waals surface area contributed by atoms with Gasteiger partial charge in [-0.25, -0.2) is 17.5 Å². The van der Waals surface area contributed by atoms with E-state index in [2.05, 4.69) is 14.9 Å². The number of rotatable bonds is 6. The molecule has 3 rings (SSSR count). The lowest BCUT2D eigenvalue weighted by Crippen LogP contribution is -2.25. The van der Waals surface area contributed by atoms with Crippen LogP contribution in [0.4, 0.5) is 4.39 Å². The highest BCUT2D eigenvalue weighted by atomic mass is 32.2. The quantitative estimate of drug-likeness (QED) is 0.730. The van der Waals surface area contributed by atoms with Gasteiger partial charge < -0.3 is 4.42 Å². The Kier molecular flexibility index (Phi) is 4.91. The van der Waals surface area contributed by atoms with Gasteiger partial charge in [0.15, 0.2) is 0 Å². The Morgan fingerprint density at radius 1 is 1.08 bits per heavy atom. The Morgan fingerprint density at radius 2 is 1.80 bits per heavy atom. The molecule has 2 aromatic carbocycles. The van der Waals surface area contributed by atoms with E-state index in [9.17, 15) is 12.8 Å². The van der Waals surface area contributed by atoms with Gasteiger partial charge in [-0.1, -0.05) is 24.3 Å². The predicted octanol–water partition coefficient (Wildman–Crippen LogP) is 2.80. The number of hydrogen-bond donors (Lipinski definition) is 1. The van der Waals surface area contributed by atoms with Crippen molar-refractivity contribution >= 4 is 10.0 Å². The topological polar surface area (TPSA) is 85.1 Å². The Labute approximate surface area is 144 Å². The van der Waals surface area contributed by atoms with Crippen molar-refractivity contribution in [2.24, 2.45) is 0 Å². The van der Waals surface area contributed by atoms with E-state index in [4.69, 9.17) is 4.42 Å². The minimum Gasteiger partial charge on any atom is -0.419 e. The van der Waals surface area contributed by atoms with E-state index in [0.29, 0.717) is 5.56 Å². The fraction of sp³-hybridized carbons (Fsp3) is 0.176. The third-order valence-electron chi connectivity index (χ3n) is 3.61. The molecule has 1 aromatic heterocycles. The van der Waals surface area contributed by atoms with Gasteiger partial charge in [0.1, 0.15) is 5.82 Å². The summed E-state index contributed by atoms with van der Waals surface area (Å²) in [5.74, 6) is -0.160. The van der Waals surface area contributed by atoms with E-state index < -0.39 is 10.0 Å². The molecule has 8 heteroatoms. The second kappa shape index (κ2) is 7.12. The van der Waals surface area contributed by atoms with Crippen molar-refractivity contribution in [2.45, 2.75) is 19.2 Å². The summed E-state index contributed by atoms with van der Waals surface area (Å²) < 4.78 is 45.2. The fourth-order valence-corrected chi connectivity index (χ4v) is 3.41. The average Bonchev–Trinajstić information content (AvgIpc) is 3.05. The van der Waals surface area contributed by atoms with Crippen LogP contribution >= 0.6 is 0 Å². The molecule has 0 spiro atoms. The number of nitrogens with zero attached hydrogens (tertiary/aromatic N) is 2. The van der Waals surface area contributed by atoms with Crippen LogP contribution in [0, 0.1) is 12.7 Å². The van der Waals surface area contributed by atoms with Crippen molar-refractivity contribution in [1.29, 1.82) is 0 Å². The standard InChI is InChI=1S/C17H16FN3O3S/c1-12-4-2-3-5-14(12)11-25(22,23)19-10-16-20-21-17(24-16)13-6-8-15(18)9-7-13/h2-9,19H,10-11H2,1H3. The van der Waals surface area contributed by atoms with Crippen LogP contribution < -0.4 is 4.72 Å². The lowest BCUT2D eigenvalue weighted by Gasteiger charge is -2.07.